The van der Waals surface area contributed by atoms with Crippen molar-refractivity contribution in [2.45, 2.75) is 39.3 Å². The smallest absolute Gasteiger partial charge is 0.278 e. The second-order valence-corrected chi connectivity index (χ2v) is 8.94. The van der Waals surface area contributed by atoms with Gasteiger partial charge in [0.15, 0.2) is 0 Å². The minimum Gasteiger partial charge on any atom is -0.345 e. The number of nitrogens with two attached hydrogens (primary N) is 1. The second kappa shape index (κ2) is 10.7. The highest BCUT2D eigenvalue weighted by molar-refractivity contribution is 5.94. The Morgan fingerprint density at radius 2 is 1.80 bits per heavy atom. The Balaban J connectivity index is 1.86. The lowest BCUT2D eigenvalue weighted by Crippen LogP contribution is -2.40. The zero-order valence-corrected chi connectivity index (χ0v) is 20.6. The van der Waals surface area contributed by atoms with Crippen molar-refractivity contribution in [3.05, 3.63) is 99.7 Å². The fourth-order valence-electron chi connectivity index (χ4n) is 4.52. The molecule has 0 saturated heterocycles. The average molecular weight is 472 g/mol. The second-order valence-electron chi connectivity index (χ2n) is 8.94. The van der Waals surface area contributed by atoms with E-state index in [2.05, 4.69) is 0 Å². The summed E-state index contributed by atoms with van der Waals surface area (Å²) in [5.41, 5.74) is 9.62. The van der Waals surface area contributed by atoms with Crippen molar-refractivity contribution in [1.29, 1.82) is 0 Å². The Labute approximate surface area is 205 Å². The van der Waals surface area contributed by atoms with Crippen LogP contribution in [0.2, 0.25) is 0 Å². The minimum absolute atomic E-state index is 0.0843. The van der Waals surface area contributed by atoms with E-state index >= 15 is 0 Å². The fraction of sp³-hybridized carbons (Fsp3) is 0.321. The molecule has 35 heavy (non-hydrogen) atoms. The van der Waals surface area contributed by atoms with Crippen molar-refractivity contribution in [3.8, 4) is 0 Å². The molecule has 7 heteroatoms. The molecule has 0 bridgehead atoms. The number of nitrogens with zero attached hydrogens (tertiary/aromatic N) is 4. The molecule has 0 saturated carbocycles. The molecule has 4 aromatic rings. The molecule has 2 aromatic heterocycles. The largest absolute Gasteiger partial charge is 0.345 e. The number of rotatable bonds is 9. The number of aryl methyl sites for hydroxylation is 2. The summed E-state index contributed by atoms with van der Waals surface area (Å²) in [6.07, 6.45) is 3.12. The van der Waals surface area contributed by atoms with E-state index in [1.807, 2.05) is 92.7 Å². The van der Waals surface area contributed by atoms with Crippen LogP contribution < -0.4 is 11.3 Å². The van der Waals surface area contributed by atoms with Gasteiger partial charge in [0.05, 0.1) is 18.1 Å². The Kier molecular flexibility index (Phi) is 7.46. The van der Waals surface area contributed by atoms with Gasteiger partial charge in [-0.25, -0.2) is 4.98 Å². The molecule has 7 nitrogen and oxygen atoms in total. The van der Waals surface area contributed by atoms with Gasteiger partial charge in [-0.1, -0.05) is 55.0 Å². The van der Waals surface area contributed by atoms with Crippen molar-refractivity contribution in [2.24, 2.45) is 12.8 Å². The van der Waals surface area contributed by atoms with E-state index in [-0.39, 0.29) is 17.5 Å². The van der Waals surface area contributed by atoms with Crippen LogP contribution in [0.3, 0.4) is 0 Å². The van der Waals surface area contributed by atoms with Gasteiger partial charge in [0, 0.05) is 25.4 Å². The lowest BCUT2D eigenvalue weighted by Gasteiger charge is -2.32. The van der Waals surface area contributed by atoms with E-state index in [4.69, 9.17) is 10.7 Å². The Hall–Kier alpha value is -3.71. The molecular formula is C28H33N5O2. The van der Waals surface area contributed by atoms with Crippen LogP contribution in [0, 0.1) is 6.92 Å². The molecule has 2 N–H and O–H groups in total. The Bertz CT molecular complexity index is 1360. The Morgan fingerprint density at radius 1 is 1.09 bits per heavy atom. The number of aromatic nitrogens is 3. The van der Waals surface area contributed by atoms with Crippen LogP contribution >= 0.6 is 0 Å². The molecular weight excluding hydrogens is 438 g/mol. The average Bonchev–Trinajstić information content (AvgIpc) is 3.25. The molecule has 0 aliphatic carbocycles. The van der Waals surface area contributed by atoms with Crippen LogP contribution in [-0.4, -0.2) is 38.0 Å². The number of hydrogen-bond acceptors (Lipinski definition) is 4. The van der Waals surface area contributed by atoms with Crippen molar-refractivity contribution < 1.29 is 4.79 Å². The summed E-state index contributed by atoms with van der Waals surface area (Å²) in [6.45, 7) is 5.35. The summed E-state index contributed by atoms with van der Waals surface area (Å²) in [5, 5.41) is 0. The van der Waals surface area contributed by atoms with Gasteiger partial charge < -0.3 is 15.2 Å². The molecule has 4 rings (SSSR count). The summed E-state index contributed by atoms with van der Waals surface area (Å²) in [5.74, 6) is 0.511. The number of hydrogen-bond donors (Lipinski definition) is 1. The standard InChI is InChI=1S/C28H33N5O2/c1-4-24(32(17-8-16-29)27(34)22-13-11-20(2)12-14-22)26-30-23-15-18-31(3)25(23)28(35)33(26)19-21-9-6-5-7-10-21/h5-7,9-15,18,24H,4,8,16-17,19,29H2,1-3H3. The highest BCUT2D eigenvalue weighted by atomic mass is 16.2. The first-order chi connectivity index (χ1) is 16.9. The first-order valence-corrected chi connectivity index (χ1v) is 12.1. The zero-order chi connectivity index (χ0) is 24.9. The molecule has 182 valence electrons. The Morgan fingerprint density at radius 3 is 2.46 bits per heavy atom. The summed E-state index contributed by atoms with van der Waals surface area (Å²) in [7, 11) is 1.85. The third-order valence-corrected chi connectivity index (χ3v) is 6.42. The number of carbonyl (C=O) groups is 1. The van der Waals surface area contributed by atoms with E-state index in [0.29, 0.717) is 54.9 Å². The van der Waals surface area contributed by atoms with Crippen molar-refractivity contribution >= 4 is 16.9 Å². The number of benzene rings is 2. The number of carbonyl (C=O) groups excluding carboxylic acids is 1. The van der Waals surface area contributed by atoms with Gasteiger partial charge in [-0.3, -0.25) is 14.2 Å². The first kappa shape index (κ1) is 24.4. The third kappa shape index (κ3) is 5.05. The van der Waals surface area contributed by atoms with E-state index < -0.39 is 0 Å². The van der Waals surface area contributed by atoms with Gasteiger partial charge in [-0.15, -0.1) is 0 Å². The lowest BCUT2D eigenvalue weighted by atomic mass is 10.1. The third-order valence-electron chi connectivity index (χ3n) is 6.42. The molecule has 0 fully saturated rings. The summed E-state index contributed by atoms with van der Waals surface area (Å²) >= 11 is 0. The monoisotopic (exact) mass is 471 g/mol. The normalized spacial score (nSPS) is 12.1. The zero-order valence-electron chi connectivity index (χ0n) is 20.6. The molecule has 0 spiro atoms. The van der Waals surface area contributed by atoms with Crippen molar-refractivity contribution in [3.63, 3.8) is 0 Å². The van der Waals surface area contributed by atoms with Crippen molar-refractivity contribution in [1.82, 2.24) is 19.0 Å². The maximum absolute atomic E-state index is 13.7. The van der Waals surface area contributed by atoms with E-state index in [1.165, 1.54) is 0 Å². The molecule has 1 atom stereocenters. The van der Waals surface area contributed by atoms with Gasteiger partial charge >= 0.3 is 0 Å². The van der Waals surface area contributed by atoms with Crippen LogP contribution in [-0.2, 0) is 13.6 Å². The molecule has 2 aromatic carbocycles. The fourth-order valence-corrected chi connectivity index (χ4v) is 4.52. The van der Waals surface area contributed by atoms with Gasteiger partial charge in [0.2, 0.25) is 0 Å². The van der Waals surface area contributed by atoms with E-state index in [1.54, 1.807) is 9.13 Å². The van der Waals surface area contributed by atoms with Gasteiger partial charge in [0.1, 0.15) is 11.3 Å². The minimum atomic E-state index is -0.378. The maximum Gasteiger partial charge on any atom is 0.278 e. The molecule has 0 radical (unpaired) electrons. The molecule has 0 aliphatic rings. The quantitative estimate of drug-likeness (QED) is 0.399. The van der Waals surface area contributed by atoms with E-state index in [9.17, 15) is 9.59 Å². The highest BCUT2D eigenvalue weighted by Gasteiger charge is 2.29. The van der Waals surface area contributed by atoms with E-state index in [0.717, 1.165) is 11.1 Å². The first-order valence-electron chi connectivity index (χ1n) is 12.1. The van der Waals surface area contributed by atoms with Gasteiger partial charge in [-0.2, -0.15) is 0 Å². The maximum atomic E-state index is 13.7. The molecule has 1 unspecified atom stereocenters. The molecule has 1 amide bonds. The predicted octanol–water partition coefficient (Wildman–Crippen LogP) is 4.03. The lowest BCUT2D eigenvalue weighted by molar-refractivity contribution is 0.0655. The molecule has 2 heterocycles. The van der Waals surface area contributed by atoms with Crippen LogP contribution in [0.4, 0.5) is 0 Å². The number of fused-ring (bicyclic) bond motifs is 1. The van der Waals surface area contributed by atoms with Crippen LogP contribution in [0.15, 0.2) is 71.7 Å². The van der Waals surface area contributed by atoms with Crippen LogP contribution in [0.5, 0.6) is 0 Å². The highest BCUT2D eigenvalue weighted by Crippen LogP contribution is 2.27. The summed E-state index contributed by atoms with van der Waals surface area (Å²) < 4.78 is 3.53. The van der Waals surface area contributed by atoms with Crippen LogP contribution in [0.25, 0.3) is 11.0 Å². The number of amides is 1. The predicted molar refractivity (Wildman–Crippen MR) is 139 cm³/mol. The van der Waals surface area contributed by atoms with Gasteiger partial charge in [-0.05, 0) is 50.1 Å². The molecule has 0 aliphatic heterocycles. The van der Waals surface area contributed by atoms with Crippen LogP contribution in [0.1, 0.15) is 53.1 Å². The SMILES string of the molecule is CCC(c1nc2ccn(C)c2c(=O)n1Cc1ccccc1)N(CCCN)C(=O)c1ccc(C)cc1. The van der Waals surface area contributed by atoms with Crippen molar-refractivity contribution in [2.75, 3.05) is 13.1 Å². The summed E-state index contributed by atoms with van der Waals surface area (Å²) in [6, 6.07) is 18.9. The summed E-state index contributed by atoms with van der Waals surface area (Å²) in [4.78, 5) is 34.3. The topological polar surface area (TPSA) is 86.2 Å². The van der Waals surface area contributed by atoms with Gasteiger partial charge in [0.25, 0.3) is 11.5 Å².